The highest BCUT2D eigenvalue weighted by Gasteiger charge is 2.22. The number of anilines is 1. The number of nitro groups is 1. The van der Waals surface area contributed by atoms with Crippen molar-refractivity contribution in [2.24, 2.45) is 0 Å². The number of non-ortho nitro benzene ring substituents is 1. The molecule has 0 aliphatic carbocycles. The minimum Gasteiger partial charge on any atom is -0.302 e. The molecular weight excluding hydrogens is 342 g/mol. The molecular formula is C13H13N3O5S2. The van der Waals surface area contributed by atoms with E-state index >= 15 is 0 Å². The van der Waals surface area contributed by atoms with Crippen LogP contribution in [-0.4, -0.2) is 24.2 Å². The van der Waals surface area contributed by atoms with Crippen LogP contribution in [0.1, 0.15) is 19.8 Å². The van der Waals surface area contributed by atoms with Crippen LogP contribution in [0.5, 0.6) is 0 Å². The predicted molar refractivity (Wildman–Crippen MR) is 84.2 cm³/mol. The van der Waals surface area contributed by atoms with Gasteiger partial charge in [-0.3, -0.25) is 14.9 Å². The summed E-state index contributed by atoms with van der Waals surface area (Å²) in [5, 5.41) is 13.3. The molecule has 0 atom stereocenters. The van der Waals surface area contributed by atoms with Gasteiger partial charge in [-0.15, -0.1) is 0 Å². The Balaban J connectivity index is 2.24. The van der Waals surface area contributed by atoms with Gasteiger partial charge in [-0.2, -0.15) is 0 Å². The fourth-order valence-corrected chi connectivity index (χ4v) is 4.16. The number of hydrogen-bond donors (Lipinski definition) is 1. The summed E-state index contributed by atoms with van der Waals surface area (Å²) in [6.45, 7) is 1.85. The number of carbonyl (C=O) groups is 1. The number of nitrogens with zero attached hydrogens (tertiary/aromatic N) is 2. The second-order valence-electron chi connectivity index (χ2n) is 4.54. The highest BCUT2D eigenvalue weighted by molar-refractivity contribution is 7.93. The van der Waals surface area contributed by atoms with Crippen molar-refractivity contribution < 1.29 is 18.1 Å². The summed E-state index contributed by atoms with van der Waals surface area (Å²) in [7, 11) is -3.83. The van der Waals surface area contributed by atoms with Crippen LogP contribution in [0.15, 0.2) is 39.6 Å². The van der Waals surface area contributed by atoms with Crippen LogP contribution in [-0.2, 0) is 14.6 Å². The van der Waals surface area contributed by atoms with E-state index in [-0.39, 0.29) is 25.8 Å². The fourth-order valence-electron chi connectivity index (χ4n) is 1.71. The lowest BCUT2D eigenvalue weighted by atomic mass is 10.3. The van der Waals surface area contributed by atoms with Gasteiger partial charge in [0.25, 0.3) is 5.69 Å². The second-order valence-corrected chi connectivity index (χ2v) is 7.74. The Kier molecular flexibility index (Phi) is 5.06. The van der Waals surface area contributed by atoms with Gasteiger partial charge in [0.1, 0.15) is 4.21 Å². The van der Waals surface area contributed by atoms with E-state index < -0.39 is 14.8 Å². The Bertz CT molecular complexity index is 828. The number of nitro benzene ring substituents is 1. The van der Waals surface area contributed by atoms with Gasteiger partial charge >= 0.3 is 0 Å². The van der Waals surface area contributed by atoms with Gasteiger partial charge < -0.3 is 5.32 Å². The Hall–Kier alpha value is -2.33. The maximum absolute atomic E-state index is 12.4. The fraction of sp³-hybridized carbons (Fsp3) is 0.231. The Morgan fingerprint density at radius 3 is 2.57 bits per heavy atom. The van der Waals surface area contributed by atoms with Gasteiger partial charge in [0.15, 0.2) is 5.13 Å². The molecule has 23 heavy (non-hydrogen) atoms. The number of amides is 1. The molecule has 0 saturated heterocycles. The Labute approximate surface area is 136 Å². The first-order valence-corrected chi connectivity index (χ1v) is 8.89. The monoisotopic (exact) mass is 355 g/mol. The van der Waals surface area contributed by atoms with Crippen molar-refractivity contribution in [3.8, 4) is 0 Å². The first kappa shape index (κ1) is 17.0. The average molecular weight is 355 g/mol. The number of carbonyl (C=O) groups excluding carboxylic acids is 1. The molecule has 0 bridgehead atoms. The zero-order chi connectivity index (χ0) is 17.0. The minimum absolute atomic E-state index is 0.0434. The van der Waals surface area contributed by atoms with Crippen molar-refractivity contribution >= 4 is 37.9 Å². The number of sulfone groups is 1. The van der Waals surface area contributed by atoms with Crippen LogP contribution in [0.4, 0.5) is 10.8 Å². The first-order valence-electron chi connectivity index (χ1n) is 6.60. The molecule has 2 rings (SSSR count). The smallest absolute Gasteiger partial charge is 0.269 e. The molecule has 0 spiro atoms. The normalized spacial score (nSPS) is 11.2. The third kappa shape index (κ3) is 3.90. The van der Waals surface area contributed by atoms with Crippen molar-refractivity contribution in [3.63, 3.8) is 0 Å². The molecule has 122 valence electrons. The van der Waals surface area contributed by atoms with Gasteiger partial charge in [-0.25, -0.2) is 13.4 Å². The van der Waals surface area contributed by atoms with E-state index in [1.165, 1.54) is 12.1 Å². The quantitative estimate of drug-likeness (QED) is 0.628. The average Bonchev–Trinajstić information content (AvgIpc) is 2.96. The van der Waals surface area contributed by atoms with Crippen molar-refractivity contribution in [1.29, 1.82) is 0 Å². The number of hydrogen-bond acceptors (Lipinski definition) is 7. The van der Waals surface area contributed by atoms with Crippen molar-refractivity contribution in [1.82, 2.24) is 4.98 Å². The molecule has 1 heterocycles. The van der Waals surface area contributed by atoms with Crippen LogP contribution >= 0.6 is 11.3 Å². The van der Waals surface area contributed by atoms with E-state index in [4.69, 9.17) is 0 Å². The maximum Gasteiger partial charge on any atom is 0.269 e. The van der Waals surface area contributed by atoms with Crippen LogP contribution in [0.25, 0.3) is 0 Å². The summed E-state index contributed by atoms with van der Waals surface area (Å²) in [6.07, 6.45) is 2.15. The Morgan fingerprint density at radius 1 is 1.35 bits per heavy atom. The van der Waals surface area contributed by atoms with E-state index in [9.17, 15) is 23.3 Å². The molecule has 2 aromatic rings. The summed E-state index contributed by atoms with van der Waals surface area (Å²) in [5.74, 6) is -0.235. The van der Waals surface area contributed by atoms with Crippen LogP contribution in [0.2, 0.25) is 0 Å². The molecule has 1 amide bonds. The number of thiazole rings is 1. The maximum atomic E-state index is 12.4. The molecule has 0 aliphatic rings. The predicted octanol–water partition coefficient (Wildman–Crippen LogP) is 2.62. The SMILES string of the molecule is CCCC(=O)Nc1ncc(S(=O)(=O)c2ccc([N+](=O)[O-])cc2)s1. The van der Waals surface area contributed by atoms with E-state index in [1.54, 1.807) is 0 Å². The molecule has 0 unspecified atom stereocenters. The highest BCUT2D eigenvalue weighted by Crippen LogP contribution is 2.29. The lowest BCUT2D eigenvalue weighted by Crippen LogP contribution is -2.09. The van der Waals surface area contributed by atoms with E-state index in [2.05, 4.69) is 10.3 Å². The van der Waals surface area contributed by atoms with Gasteiger partial charge in [0, 0.05) is 18.6 Å². The number of nitrogens with one attached hydrogen (secondary N) is 1. The van der Waals surface area contributed by atoms with Gasteiger partial charge in [-0.1, -0.05) is 18.3 Å². The van der Waals surface area contributed by atoms with Crippen LogP contribution in [0, 0.1) is 10.1 Å². The van der Waals surface area contributed by atoms with Crippen molar-refractivity contribution in [2.45, 2.75) is 28.9 Å². The van der Waals surface area contributed by atoms with Gasteiger partial charge in [0.05, 0.1) is 16.0 Å². The number of rotatable bonds is 6. The molecule has 0 saturated carbocycles. The van der Waals surface area contributed by atoms with Crippen LogP contribution < -0.4 is 5.32 Å². The molecule has 8 nitrogen and oxygen atoms in total. The van der Waals surface area contributed by atoms with Gasteiger partial charge in [0.2, 0.25) is 15.7 Å². The molecule has 1 N–H and O–H groups in total. The summed E-state index contributed by atoms with van der Waals surface area (Å²) in [4.78, 5) is 25.3. The topological polar surface area (TPSA) is 119 Å². The minimum atomic E-state index is -3.83. The summed E-state index contributed by atoms with van der Waals surface area (Å²) < 4.78 is 24.8. The highest BCUT2D eigenvalue weighted by atomic mass is 32.2. The summed E-state index contributed by atoms with van der Waals surface area (Å²) >= 11 is 0.834. The lowest BCUT2D eigenvalue weighted by Gasteiger charge is -2.01. The Morgan fingerprint density at radius 2 is 2.00 bits per heavy atom. The van der Waals surface area contributed by atoms with E-state index in [0.717, 1.165) is 29.7 Å². The summed E-state index contributed by atoms with van der Waals surface area (Å²) in [5.41, 5.74) is -0.194. The standard InChI is InChI=1S/C13H13N3O5S2/c1-2-3-11(17)15-13-14-8-12(22-13)23(20,21)10-6-4-9(5-7-10)16(18)19/h4-8H,2-3H2,1H3,(H,14,15,17). The molecule has 0 radical (unpaired) electrons. The molecule has 0 fully saturated rings. The molecule has 1 aromatic heterocycles. The van der Waals surface area contributed by atoms with Crippen molar-refractivity contribution in [3.05, 3.63) is 40.6 Å². The first-order chi connectivity index (χ1) is 10.8. The van der Waals surface area contributed by atoms with Gasteiger partial charge in [-0.05, 0) is 18.6 Å². The molecule has 10 heteroatoms. The zero-order valence-electron chi connectivity index (χ0n) is 12.1. The number of aromatic nitrogens is 1. The second kappa shape index (κ2) is 6.84. The van der Waals surface area contributed by atoms with Crippen LogP contribution in [0.3, 0.4) is 0 Å². The van der Waals surface area contributed by atoms with Crippen molar-refractivity contribution in [2.75, 3.05) is 5.32 Å². The number of benzene rings is 1. The lowest BCUT2D eigenvalue weighted by molar-refractivity contribution is -0.384. The summed E-state index contributed by atoms with van der Waals surface area (Å²) in [6, 6.07) is 4.58. The third-order valence-corrected chi connectivity index (χ3v) is 5.97. The van der Waals surface area contributed by atoms with E-state index in [1.807, 2.05) is 6.92 Å². The third-order valence-electron chi connectivity index (χ3n) is 2.83. The van der Waals surface area contributed by atoms with E-state index in [0.29, 0.717) is 12.8 Å². The zero-order valence-corrected chi connectivity index (χ0v) is 13.7. The molecule has 0 aliphatic heterocycles. The largest absolute Gasteiger partial charge is 0.302 e. The molecule has 1 aromatic carbocycles.